The average molecular weight is 205 g/mol. The lowest BCUT2D eigenvalue weighted by Gasteiger charge is -2.17. The highest BCUT2D eigenvalue weighted by Gasteiger charge is 2.25. The fourth-order valence-electron chi connectivity index (χ4n) is 0.905. The van der Waals surface area contributed by atoms with Gasteiger partial charge in [-0.1, -0.05) is 18.2 Å². The molecule has 1 atom stereocenters. The summed E-state index contributed by atoms with van der Waals surface area (Å²) in [5.74, 6) is 0. The fraction of sp³-hybridized carbons (Fsp3) is 0.333. The minimum atomic E-state index is -2.40. The third-order valence-corrected chi connectivity index (χ3v) is 5.63. The molecule has 0 radical (unpaired) electrons. The smallest absolute Gasteiger partial charge is 0.115 e. The second-order valence-corrected chi connectivity index (χ2v) is 6.47. The van der Waals surface area contributed by atoms with Gasteiger partial charge in [-0.15, -0.1) is 31.3 Å². The number of halogens is 1. The van der Waals surface area contributed by atoms with Crippen molar-refractivity contribution in [1.82, 2.24) is 0 Å². The molecule has 12 heavy (non-hydrogen) atoms. The molecule has 1 nitrogen and oxygen atoms in total. The number of alkyl halides is 1. The highest BCUT2D eigenvalue weighted by molar-refractivity contribution is 7.66. The van der Waals surface area contributed by atoms with Gasteiger partial charge in [-0.05, 0) is 0 Å². The van der Waals surface area contributed by atoms with E-state index in [1.807, 2.05) is 0 Å². The van der Waals surface area contributed by atoms with E-state index in [1.54, 1.807) is 12.2 Å². The van der Waals surface area contributed by atoms with Crippen LogP contribution in [0.25, 0.3) is 0 Å². The molecule has 0 aromatic carbocycles. The maximum absolute atomic E-state index is 12.0. The maximum Gasteiger partial charge on any atom is 0.115 e. The number of allylic oxidation sites excluding steroid dienone is 3. The third-order valence-electron chi connectivity index (χ3n) is 1.52. The van der Waals surface area contributed by atoms with Gasteiger partial charge in [0.25, 0.3) is 0 Å². The Kier molecular flexibility index (Phi) is 5.28. The second kappa shape index (κ2) is 5.40. The van der Waals surface area contributed by atoms with E-state index >= 15 is 0 Å². The molecule has 0 heterocycles. The summed E-state index contributed by atoms with van der Waals surface area (Å²) in [6.07, 6.45) is 5.65. The lowest BCUT2D eigenvalue weighted by Crippen LogP contribution is -2.02. The molecule has 0 aromatic rings. The standard InChI is InChI=1S/C9H14ClOP/c1-4-7-12(11,8-5-2)9(10)6-3/h4-6,9H,1-3,7-8H2. The van der Waals surface area contributed by atoms with Crippen molar-refractivity contribution in [2.75, 3.05) is 12.3 Å². The Bertz CT molecular complexity index is 209. The molecule has 0 spiro atoms. The minimum absolute atomic E-state index is 0.444. The van der Waals surface area contributed by atoms with Crippen molar-refractivity contribution in [3.8, 4) is 0 Å². The Morgan fingerprint density at radius 1 is 1.25 bits per heavy atom. The van der Waals surface area contributed by atoms with Gasteiger partial charge in [-0.2, -0.15) is 0 Å². The molecule has 3 heteroatoms. The first kappa shape index (κ1) is 11.7. The monoisotopic (exact) mass is 204 g/mol. The van der Waals surface area contributed by atoms with Crippen LogP contribution in [0.4, 0.5) is 0 Å². The maximum atomic E-state index is 12.0. The van der Waals surface area contributed by atoms with Crippen molar-refractivity contribution in [3.05, 3.63) is 38.0 Å². The van der Waals surface area contributed by atoms with Gasteiger partial charge < -0.3 is 4.57 Å². The van der Waals surface area contributed by atoms with E-state index in [0.717, 1.165) is 0 Å². The van der Waals surface area contributed by atoms with E-state index in [-0.39, 0.29) is 0 Å². The van der Waals surface area contributed by atoms with Gasteiger partial charge in [0.05, 0.1) is 0 Å². The molecule has 0 aliphatic rings. The van der Waals surface area contributed by atoms with Crippen LogP contribution in [-0.4, -0.2) is 17.4 Å². The molecule has 0 aliphatic carbocycles. The zero-order valence-electron chi connectivity index (χ0n) is 7.08. The average Bonchev–Trinajstić information content (AvgIpc) is 2.04. The summed E-state index contributed by atoms with van der Waals surface area (Å²) in [7, 11) is -2.40. The third kappa shape index (κ3) is 3.00. The van der Waals surface area contributed by atoms with Gasteiger partial charge in [-0.25, -0.2) is 0 Å². The van der Waals surface area contributed by atoms with Crippen molar-refractivity contribution in [2.24, 2.45) is 0 Å². The number of hydrogen-bond donors (Lipinski definition) is 0. The van der Waals surface area contributed by atoms with Gasteiger partial charge in [0, 0.05) is 12.3 Å². The molecule has 0 fully saturated rings. The minimum Gasteiger partial charge on any atom is -0.321 e. The van der Waals surface area contributed by atoms with E-state index in [4.69, 9.17) is 11.6 Å². The zero-order valence-corrected chi connectivity index (χ0v) is 8.73. The molecule has 1 unspecified atom stereocenters. The molecular weight excluding hydrogens is 191 g/mol. The molecule has 0 aromatic heterocycles. The van der Waals surface area contributed by atoms with E-state index in [1.165, 1.54) is 6.08 Å². The number of rotatable bonds is 6. The highest BCUT2D eigenvalue weighted by atomic mass is 35.5. The van der Waals surface area contributed by atoms with Crippen LogP contribution in [0.2, 0.25) is 0 Å². The van der Waals surface area contributed by atoms with Crippen LogP contribution in [-0.2, 0) is 4.57 Å². The predicted molar refractivity (Wildman–Crippen MR) is 57.6 cm³/mol. The molecule has 0 bridgehead atoms. The molecule has 0 saturated carbocycles. The van der Waals surface area contributed by atoms with E-state index in [2.05, 4.69) is 19.7 Å². The summed E-state index contributed by atoms with van der Waals surface area (Å²) in [5, 5.41) is -0.464. The van der Waals surface area contributed by atoms with Crippen molar-refractivity contribution < 1.29 is 4.57 Å². The predicted octanol–water partition coefficient (Wildman–Crippen LogP) is 3.47. The van der Waals surface area contributed by atoms with Crippen LogP contribution >= 0.6 is 18.7 Å². The summed E-state index contributed by atoms with van der Waals surface area (Å²) in [6.45, 7) is 10.6. The SMILES string of the molecule is C=CCP(=O)(CC=C)C(Cl)C=C. The second-order valence-electron chi connectivity index (χ2n) is 2.50. The van der Waals surface area contributed by atoms with Crippen molar-refractivity contribution in [1.29, 1.82) is 0 Å². The molecule has 0 saturated heterocycles. The first-order valence-corrected chi connectivity index (χ1v) is 6.25. The van der Waals surface area contributed by atoms with Gasteiger partial charge in [0.2, 0.25) is 0 Å². The first-order valence-electron chi connectivity index (χ1n) is 3.67. The van der Waals surface area contributed by atoms with Crippen LogP contribution in [0, 0.1) is 0 Å². The first-order chi connectivity index (χ1) is 5.60. The van der Waals surface area contributed by atoms with Crippen LogP contribution < -0.4 is 0 Å². The summed E-state index contributed by atoms with van der Waals surface area (Å²) < 4.78 is 12.0. The zero-order chi connectivity index (χ0) is 9.61. The van der Waals surface area contributed by atoms with Crippen LogP contribution in [0.3, 0.4) is 0 Å². The van der Waals surface area contributed by atoms with Gasteiger partial charge in [-0.3, -0.25) is 0 Å². The van der Waals surface area contributed by atoms with Gasteiger partial charge in [0.15, 0.2) is 0 Å². The van der Waals surface area contributed by atoms with Gasteiger partial charge in [0.1, 0.15) is 12.3 Å². The molecule has 68 valence electrons. The number of hydrogen-bond acceptors (Lipinski definition) is 1. The van der Waals surface area contributed by atoms with Crippen LogP contribution in [0.15, 0.2) is 38.0 Å². The molecular formula is C9H14ClOP. The van der Waals surface area contributed by atoms with Crippen LogP contribution in [0.1, 0.15) is 0 Å². The summed E-state index contributed by atoms with van der Waals surface area (Å²) >= 11 is 5.85. The van der Waals surface area contributed by atoms with Crippen molar-refractivity contribution in [2.45, 2.75) is 5.12 Å². The topological polar surface area (TPSA) is 17.1 Å². The quantitative estimate of drug-likeness (QED) is 0.368. The Balaban J connectivity index is 4.58. The Morgan fingerprint density at radius 2 is 1.67 bits per heavy atom. The summed E-state index contributed by atoms with van der Waals surface area (Å²) in [4.78, 5) is 0. The van der Waals surface area contributed by atoms with Crippen molar-refractivity contribution in [3.63, 3.8) is 0 Å². The lowest BCUT2D eigenvalue weighted by molar-refractivity contribution is 0.579. The summed E-state index contributed by atoms with van der Waals surface area (Å²) in [6, 6.07) is 0. The fourth-order valence-corrected chi connectivity index (χ4v) is 3.19. The lowest BCUT2D eigenvalue weighted by atomic mass is 10.7. The Labute approximate surface area is 79.2 Å². The van der Waals surface area contributed by atoms with E-state index in [9.17, 15) is 4.57 Å². The Hall–Kier alpha value is -0.260. The normalized spacial score (nSPS) is 13.4. The van der Waals surface area contributed by atoms with E-state index < -0.39 is 12.3 Å². The van der Waals surface area contributed by atoms with Crippen LogP contribution in [0.5, 0.6) is 0 Å². The molecule has 0 rings (SSSR count). The Morgan fingerprint density at radius 3 is 1.92 bits per heavy atom. The highest BCUT2D eigenvalue weighted by Crippen LogP contribution is 2.52. The summed E-state index contributed by atoms with van der Waals surface area (Å²) in [5.41, 5.74) is 0. The molecule has 0 N–H and O–H groups in total. The largest absolute Gasteiger partial charge is 0.321 e. The van der Waals surface area contributed by atoms with E-state index in [0.29, 0.717) is 12.3 Å². The molecule has 0 amide bonds. The van der Waals surface area contributed by atoms with Crippen molar-refractivity contribution >= 4 is 18.7 Å². The molecule has 0 aliphatic heterocycles. The van der Waals surface area contributed by atoms with Gasteiger partial charge >= 0.3 is 0 Å².